The second kappa shape index (κ2) is 11.6. The number of carboxylic acid groups (broad SMARTS) is 1. The Bertz CT molecular complexity index is 1160. The fourth-order valence-corrected chi connectivity index (χ4v) is 4.02. The molecule has 192 valence electrons. The summed E-state index contributed by atoms with van der Waals surface area (Å²) in [5.41, 5.74) is 2.13. The van der Waals surface area contributed by atoms with Crippen molar-refractivity contribution in [3.63, 3.8) is 0 Å². The van der Waals surface area contributed by atoms with E-state index in [4.69, 9.17) is 21.1 Å². The molecule has 3 rings (SSSR count). The van der Waals surface area contributed by atoms with E-state index in [1.807, 2.05) is 0 Å². The highest BCUT2D eigenvalue weighted by Gasteiger charge is 2.41. The standard InChI is InChI=1S/C21H20ClN3O11/c1-11-17(16-10-33-7-13(16)6-23-11)19(18(20(26)27)12-2-4-14(22)5-3-12)21(28)34-8-15(36-25(31)32)9-35-24(29)30/h2-6,15,18-19H,7-10H2,1H3,(H,26,27). The lowest BCUT2D eigenvalue weighted by molar-refractivity contribution is -0.790. The summed E-state index contributed by atoms with van der Waals surface area (Å²) in [6, 6.07) is 5.84. The number of esters is 1. The molecule has 36 heavy (non-hydrogen) atoms. The normalized spacial score (nSPS) is 14.7. The molecule has 1 aliphatic rings. The number of aryl methyl sites for hydroxylation is 1. The van der Waals surface area contributed by atoms with Crippen LogP contribution in [0.15, 0.2) is 30.5 Å². The van der Waals surface area contributed by atoms with Gasteiger partial charge >= 0.3 is 11.9 Å². The van der Waals surface area contributed by atoms with Gasteiger partial charge < -0.3 is 24.3 Å². The highest BCUT2D eigenvalue weighted by Crippen LogP contribution is 2.40. The van der Waals surface area contributed by atoms with Crippen molar-refractivity contribution >= 4 is 23.5 Å². The molecule has 1 aliphatic heterocycles. The van der Waals surface area contributed by atoms with Crippen molar-refractivity contribution in [2.24, 2.45) is 0 Å². The molecule has 0 bridgehead atoms. The van der Waals surface area contributed by atoms with Gasteiger partial charge in [-0.2, -0.15) is 0 Å². The van der Waals surface area contributed by atoms with Crippen molar-refractivity contribution in [3.05, 3.63) is 83.7 Å². The molecule has 2 heterocycles. The summed E-state index contributed by atoms with van der Waals surface area (Å²) in [7, 11) is 0. The lowest BCUT2D eigenvalue weighted by atomic mass is 9.78. The molecule has 3 atom stereocenters. The molecule has 1 aromatic carbocycles. The molecule has 3 unspecified atom stereocenters. The zero-order valence-corrected chi connectivity index (χ0v) is 19.5. The van der Waals surface area contributed by atoms with Crippen molar-refractivity contribution in [3.8, 4) is 0 Å². The van der Waals surface area contributed by atoms with E-state index in [0.29, 0.717) is 21.8 Å². The van der Waals surface area contributed by atoms with E-state index in [1.165, 1.54) is 24.3 Å². The van der Waals surface area contributed by atoms with Crippen LogP contribution in [-0.2, 0) is 42.0 Å². The maximum atomic E-state index is 13.4. The number of ether oxygens (including phenoxy) is 2. The van der Waals surface area contributed by atoms with Crippen LogP contribution in [0.3, 0.4) is 0 Å². The maximum Gasteiger partial charge on any atom is 0.314 e. The van der Waals surface area contributed by atoms with E-state index < -0.39 is 53.3 Å². The van der Waals surface area contributed by atoms with Gasteiger partial charge in [-0.1, -0.05) is 23.7 Å². The molecule has 15 heteroatoms. The monoisotopic (exact) mass is 525 g/mol. The highest BCUT2D eigenvalue weighted by molar-refractivity contribution is 6.30. The topological polar surface area (TPSA) is 190 Å². The molecule has 0 radical (unpaired) electrons. The van der Waals surface area contributed by atoms with E-state index in [9.17, 15) is 34.9 Å². The summed E-state index contributed by atoms with van der Waals surface area (Å²) in [4.78, 5) is 59.8. The van der Waals surface area contributed by atoms with Gasteiger partial charge in [-0.05, 0) is 35.7 Å². The number of carboxylic acids is 1. The minimum atomic E-state index is -1.64. The van der Waals surface area contributed by atoms with Gasteiger partial charge in [0, 0.05) is 22.5 Å². The third-order valence-electron chi connectivity index (χ3n) is 5.43. The summed E-state index contributed by atoms with van der Waals surface area (Å²) in [5.74, 6) is -5.35. The summed E-state index contributed by atoms with van der Waals surface area (Å²) < 4.78 is 10.7. The van der Waals surface area contributed by atoms with Crippen molar-refractivity contribution in [1.82, 2.24) is 4.98 Å². The zero-order chi connectivity index (χ0) is 26.4. The Kier molecular flexibility index (Phi) is 8.55. The first kappa shape index (κ1) is 26.6. The van der Waals surface area contributed by atoms with Crippen LogP contribution in [0.5, 0.6) is 0 Å². The molecule has 0 saturated carbocycles. The largest absolute Gasteiger partial charge is 0.481 e. The predicted octanol–water partition coefficient (Wildman–Crippen LogP) is 2.35. The fraction of sp³-hybridized carbons (Fsp3) is 0.381. The zero-order valence-electron chi connectivity index (χ0n) is 18.7. The number of carbonyl (C=O) groups excluding carboxylic acids is 1. The van der Waals surface area contributed by atoms with Gasteiger partial charge in [0.15, 0.2) is 6.10 Å². The first-order chi connectivity index (χ1) is 17.1. The number of hydrogen-bond acceptors (Lipinski definition) is 11. The number of fused-ring (bicyclic) bond motifs is 1. The Labute approximate surface area is 207 Å². The first-order valence-electron chi connectivity index (χ1n) is 10.4. The molecule has 14 nitrogen and oxygen atoms in total. The van der Waals surface area contributed by atoms with Crippen LogP contribution in [-0.4, -0.2) is 51.5 Å². The first-order valence-corrected chi connectivity index (χ1v) is 10.7. The number of aromatic nitrogens is 1. The van der Waals surface area contributed by atoms with Gasteiger partial charge in [-0.3, -0.25) is 14.6 Å². The SMILES string of the molecule is Cc1ncc2c(c1C(C(=O)OCC(CO[N+](=O)[O-])O[N+](=O)[O-])C(C(=O)O)c1ccc(Cl)cc1)COC2. The van der Waals surface area contributed by atoms with Gasteiger partial charge in [-0.25, -0.2) is 0 Å². The van der Waals surface area contributed by atoms with Crippen LogP contribution in [0.2, 0.25) is 5.02 Å². The van der Waals surface area contributed by atoms with Crippen LogP contribution in [0, 0.1) is 27.2 Å². The summed E-state index contributed by atoms with van der Waals surface area (Å²) in [5, 5.41) is 29.3. The van der Waals surface area contributed by atoms with Crippen LogP contribution < -0.4 is 0 Å². The number of rotatable bonds is 12. The molecule has 2 aromatic rings. The second-order valence-electron chi connectivity index (χ2n) is 7.70. The van der Waals surface area contributed by atoms with E-state index in [2.05, 4.69) is 14.7 Å². The Hall–Kier alpha value is -4.04. The number of halogens is 1. The predicted molar refractivity (Wildman–Crippen MR) is 118 cm³/mol. The summed E-state index contributed by atoms with van der Waals surface area (Å²) >= 11 is 5.94. The molecule has 0 saturated heterocycles. The molecular weight excluding hydrogens is 506 g/mol. The van der Waals surface area contributed by atoms with Gasteiger partial charge in [0.25, 0.3) is 10.2 Å². The molecule has 1 aromatic heterocycles. The number of carbonyl (C=O) groups is 2. The third kappa shape index (κ3) is 6.34. The molecule has 0 fully saturated rings. The highest BCUT2D eigenvalue weighted by atomic mass is 35.5. The van der Waals surface area contributed by atoms with Crippen LogP contribution in [0.25, 0.3) is 0 Å². The Morgan fingerprint density at radius 2 is 1.83 bits per heavy atom. The van der Waals surface area contributed by atoms with Gasteiger partial charge in [0.1, 0.15) is 19.1 Å². The third-order valence-corrected chi connectivity index (χ3v) is 5.68. The summed E-state index contributed by atoms with van der Waals surface area (Å²) in [6.45, 7) is 0.190. The Morgan fingerprint density at radius 3 is 2.44 bits per heavy atom. The smallest absolute Gasteiger partial charge is 0.314 e. The minimum Gasteiger partial charge on any atom is -0.481 e. The van der Waals surface area contributed by atoms with Crippen LogP contribution in [0.4, 0.5) is 0 Å². The molecule has 1 N–H and O–H groups in total. The number of pyridine rings is 1. The van der Waals surface area contributed by atoms with E-state index in [1.54, 1.807) is 13.1 Å². The number of benzene rings is 1. The Morgan fingerprint density at radius 1 is 1.14 bits per heavy atom. The molecular formula is C21H20ClN3O11. The van der Waals surface area contributed by atoms with Gasteiger partial charge in [-0.15, -0.1) is 20.2 Å². The lowest BCUT2D eigenvalue weighted by Crippen LogP contribution is -2.34. The van der Waals surface area contributed by atoms with E-state index >= 15 is 0 Å². The van der Waals surface area contributed by atoms with Crippen LogP contribution in [0.1, 0.15) is 39.8 Å². The summed E-state index contributed by atoms with van der Waals surface area (Å²) in [6.07, 6.45) is -0.0739. The van der Waals surface area contributed by atoms with Crippen molar-refractivity contribution in [2.45, 2.75) is 38.1 Å². The number of hydrogen-bond donors (Lipinski definition) is 1. The van der Waals surface area contributed by atoms with E-state index in [-0.39, 0.29) is 24.3 Å². The van der Waals surface area contributed by atoms with Crippen LogP contribution >= 0.6 is 11.6 Å². The minimum absolute atomic E-state index is 0.106. The maximum absolute atomic E-state index is 13.4. The van der Waals surface area contributed by atoms with Crippen molar-refractivity contribution < 1.29 is 44.0 Å². The fourth-order valence-electron chi connectivity index (χ4n) is 3.89. The quantitative estimate of drug-likeness (QED) is 0.242. The Balaban J connectivity index is 2.01. The molecule has 0 aliphatic carbocycles. The number of nitrogens with zero attached hydrogens (tertiary/aromatic N) is 3. The second-order valence-corrected chi connectivity index (χ2v) is 8.14. The average molecular weight is 526 g/mol. The number of aliphatic carboxylic acids is 1. The van der Waals surface area contributed by atoms with E-state index in [0.717, 1.165) is 0 Å². The average Bonchev–Trinajstić information content (AvgIpc) is 3.28. The molecule has 0 spiro atoms. The lowest BCUT2D eigenvalue weighted by Gasteiger charge is -2.27. The van der Waals surface area contributed by atoms with Gasteiger partial charge in [0.2, 0.25) is 0 Å². The van der Waals surface area contributed by atoms with Gasteiger partial charge in [0.05, 0.1) is 19.1 Å². The molecule has 0 amide bonds. The van der Waals surface area contributed by atoms with Crippen molar-refractivity contribution in [2.75, 3.05) is 13.2 Å². The van der Waals surface area contributed by atoms with Crippen molar-refractivity contribution in [1.29, 1.82) is 0 Å².